The number of nitrogen functional groups attached to an aromatic ring is 2. The minimum atomic E-state index is -0.531. The van der Waals surface area contributed by atoms with Crippen LogP contribution in [0.4, 0.5) is 15.8 Å². The van der Waals surface area contributed by atoms with E-state index in [4.69, 9.17) is 16.2 Å². The van der Waals surface area contributed by atoms with Crippen LogP contribution in [0, 0.1) is 5.82 Å². The summed E-state index contributed by atoms with van der Waals surface area (Å²) in [7, 11) is 1.34. The molecule has 0 amide bonds. The minimum Gasteiger partial charge on any atom is -0.492 e. The SMILES string of the molecule is C.COc1c(F)cc(Br)c(N)c1N. The lowest BCUT2D eigenvalue weighted by molar-refractivity contribution is 0.389. The van der Waals surface area contributed by atoms with Crippen molar-refractivity contribution < 1.29 is 9.13 Å². The molecule has 0 saturated carbocycles. The van der Waals surface area contributed by atoms with Gasteiger partial charge in [0.25, 0.3) is 0 Å². The lowest BCUT2D eigenvalue weighted by atomic mass is 10.2. The van der Waals surface area contributed by atoms with Crippen molar-refractivity contribution in [3.8, 4) is 5.75 Å². The average molecular weight is 251 g/mol. The third-order valence-electron chi connectivity index (χ3n) is 1.47. The van der Waals surface area contributed by atoms with Crippen molar-refractivity contribution in [2.24, 2.45) is 0 Å². The fraction of sp³-hybridized carbons (Fsp3) is 0.250. The molecule has 74 valence electrons. The van der Waals surface area contributed by atoms with Gasteiger partial charge in [-0.2, -0.15) is 0 Å². The molecule has 0 aliphatic rings. The highest BCUT2D eigenvalue weighted by atomic mass is 79.9. The van der Waals surface area contributed by atoms with Crippen LogP contribution >= 0.6 is 15.9 Å². The summed E-state index contributed by atoms with van der Waals surface area (Å²) in [5, 5.41) is 0. The molecule has 1 aromatic carbocycles. The fourth-order valence-corrected chi connectivity index (χ4v) is 1.26. The molecule has 3 nitrogen and oxygen atoms in total. The van der Waals surface area contributed by atoms with Gasteiger partial charge in [0, 0.05) is 4.47 Å². The summed E-state index contributed by atoms with van der Waals surface area (Å²) in [6.07, 6.45) is 0. The second kappa shape index (κ2) is 4.32. The molecule has 0 spiro atoms. The zero-order valence-electron chi connectivity index (χ0n) is 6.40. The van der Waals surface area contributed by atoms with E-state index in [0.29, 0.717) is 4.47 Å². The smallest absolute Gasteiger partial charge is 0.179 e. The first-order chi connectivity index (χ1) is 5.57. The van der Waals surface area contributed by atoms with Crippen LogP contribution in [0.3, 0.4) is 0 Å². The molecule has 0 fully saturated rings. The van der Waals surface area contributed by atoms with Gasteiger partial charge < -0.3 is 16.2 Å². The molecule has 5 heteroatoms. The van der Waals surface area contributed by atoms with Crippen LogP contribution in [-0.2, 0) is 0 Å². The van der Waals surface area contributed by atoms with Crippen molar-refractivity contribution in [3.05, 3.63) is 16.4 Å². The van der Waals surface area contributed by atoms with Crippen molar-refractivity contribution in [2.75, 3.05) is 18.6 Å². The molecule has 0 radical (unpaired) electrons. The third-order valence-corrected chi connectivity index (χ3v) is 2.12. The van der Waals surface area contributed by atoms with Crippen LogP contribution in [0.15, 0.2) is 10.5 Å². The van der Waals surface area contributed by atoms with Crippen molar-refractivity contribution in [3.63, 3.8) is 0 Å². The number of rotatable bonds is 1. The number of anilines is 2. The van der Waals surface area contributed by atoms with E-state index < -0.39 is 5.82 Å². The maximum absolute atomic E-state index is 13.0. The van der Waals surface area contributed by atoms with Gasteiger partial charge in [0.2, 0.25) is 0 Å². The Morgan fingerprint density at radius 1 is 1.38 bits per heavy atom. The van der Waals surface area contributed by atoms with Crippen LogP contribution in [0.25, 0.3) is 0 Å². The first-order valence-corrected chi connectivity index (χ1v) is 3.94. The predicted molar refractivity (Wildman–Crippen MR) is 56.2 cm³/mol. The third kappa shape index (κ3) is 2.03. The molecule has 4 N–H and O–H groups in total. The maximum Gasteiger partial charge on any atom is 0.179 e. The molecule has 0 bridgehead atoms. The van der Waals surface area contributed by atoms with Gasteiger partial charge in [0.05, 0.1) is 12.8 Å². The summed E-state index contributed by atoms with van der Waals surface area (Å²) in [6, 6.07) is 1.21. The molecular weight excluding hydrogens is 239 g/mol. The highest BCUT2D eigenvalue weighted by Gasteiger charge is 2.12. The zero-order chi connectivity index (χ0) is 9.30. The highest BCUT2D eigenvalue weighted by molar-refractivity contribution is 9.10. The van der Waals surface area contributed by atoms with Crippen LogP contribution < -0.4 is 16.2 Å². The summed E-state index contributed by atoms with van der Waals surface area (Å²) >= 11 is 3.06. The molecule has 1 aromatic rings. The Kier molecular flexibility index (Phi) is 4.00. The Balaban J connectivity index is 0.00000144. The number of halogens is 2. The van der Waals surface area contributed by atoms with E-state index in [1.807, 2.05) is 0 Å². The van der Waals surface area contributed by atoms with Crippen molar-refractivity contribution in [1.29, 1.82) is 0 Å². The maximum atomic E-state index is 13.0. The van der Waals surface area contributed by atoms with E-state index in [1.54, 1.807) is 0 Å². The van der Waals surface area contributed by atoms with Gasteiger partial charge in [-0.05, 0) is 22.0 Å². The van der Waals surface area contributed by atoms with Crippen LogP contribution in [0.1, 0.15) is 7.43 Å². The number of benzene rings is 1. The Morgan fingerprint density at radius 2 is 1.92 bits per heavy atom. The summed E-state index contributed by atoms with van der Waals surface area (Å²) in [4.78, 5) is 0. The van der Waals surface area contributed by atoms with E-state index in [-0.39, 0.29) is 24.6 Å². The largest absolute Gasteiger partial charge is 0.492 e. The minimum absolute atomic E-state index is 0. The molecule has 0 aliphatic carbocycles. The standard InChI is InChI=1S/C7H8BrFN2O.CH4/c1-12-7-4(9)2-3(8)5(10)6(7)11;/h2H,10-11H2,1H3;1H4. The molecule has 0 unspecified atom stereocenters. The Hall–Kier alpha value is -0.970. The van der Waals surface area contributed by atoms with E-state index in [2.05, 4.69) is 15.9 Å². The first-order valence-electron chi connectivity index (χ1n) is 3.15. The van der Waals surface area contributed by atoms with Crippen LogP contribution in [0.2, 0.25) is 0 Å². The average Bonchev–Trinajstić information content (AvgIpc) is 2.01. The summed E-state index contributed by atoms with van der Waals surface area (Å²) in [5.41, 5.74) is 11.4. The molecule has 1 rings (SSSR count). The van der Waals surface area contributed by atoms with Crippen molar-refractivity contribution >= 4 is 27.3 Å². The number of nitrogens with two attached hydrogens (primary N) is 2. The van der Waals surface area contributed by atoms with E-state index in [0.717, 1.165) is 0 Å². The summed E-state index contributed by atoms with van der Waals surface area (Å²) in [6.45, 7) is 0. The monoisotopic (exact) mass is 250 g/mol. The normalized spacial score (nSPS) is 9.15. The zero-order valence-corrected chi connectivity index (χ0v) is 7.98. The number of hydrogen-bond acceptors (Lipinski definition) is 3. The van der Waals surface area contributed by atoms with Gasteiger partial charge in [-0.15, -0.1) is 0 Å². The molecule has 0 aliphatic heterocycles. The summed E-state index contributed by atoms with van der Waals surface area (Å²) in [5.74, 6) is -0.549. The molecule has 0 aromatic heterocycles. The first kappa shape index (κ1) is 12.0. The second-order valence-electron chi connectivity index (χ2n) is 2.20. The second-order valence-corrected chi connectivity index (χ2v) is 3.06. The van der Waals surface area contributed by atoms with Gasteiger partial charge in [-0.3, -0.25) is 0 Å². The van der Waals surface area contributed by atoms with Gasteiger partial charge in [-0.25, -0.2) is 4.39 Å². The lowest BCUT2D eigenvalue weighted by Crippen LogP contribution is -2.01. The fourth-order valence-electron chi connectivity index (χ4n) is 0.842. The molecular formula is C8H12BrFN2O. The van der Waals surface area contributed by atoms with Crippen molar-refractivity contribution in [2.45, 2.75) is 7.43 Å². The Morgan fingerprint density at radius 3 is 2.38 bits per heavy atom. The van der Waals surface area contributed by atoms with Crippen LogP contribution in [0.5, 0.6) is 5.75 Å². The Labute approximate surface area is 85.0 Å². The predicted octanol–water partition coefficient (Wildman–Crippen LogP) is 2.40. The van der Waals surface area contributed by atoms with Crippen LogP contribution in [-0.4, -0.2) is 7.11 Å². The molecule has 0 heterocycles. The van der Waals surface area contributed by atoms with E-state index in [9.17, 15) is 4.39 Å². The molecule has 0 saturated heterocycles. The quantitative estimate of drug-likeness (QED) is 0.753. The number of methoxy groups -OCH3 is 1. The molecule has 13 heavy (non-hydrogen) atoms. The topological polar surface area (TPSA) is 61.3 Å². The number of hydrogen-bond donors (Lipinski definition) is 2. The molecule has 0 atom stereocenters. The van der Waals surface area contributed by atoms with Gasteiger partial charge in [0.15, 0.2) is 11.6 Å². The van der Waals surface area contributed by atoms with E-state index in [1.165, 1.54) is 13.2 Å². The van der Waals surface area contributed by atoms with Gasteiger partial charge in [-0.1, -0.05) is 7.43 Å². The van der Waals surface area contributed by atoms with E-state index >= 15 is 0 Å². The van der Waals surface area contributed by atoms with Gasteiger partial charge in [0.1, 0.15) is 5.69 Å². The summed E-state index contributed by atoms with van der Waals surface area (Å²) < 4.78 is 18.1. The van der Waals surface area contributed by atoms with Gasteiger partial charge >= 0.3 is 0 Å². The highest BCUT2D eigenvalue weighted by Crippen LogP contribution is 2.35. The van der Waals surface area contributed by atoms with Crippen molar-refractivity contribution in [1.82, 2.24) is 0 Å². The Bertz CT molecular complexity index is 318. The number of ether oxygens (including phenoxy) is 1. The lowest BCUT2D eigenvalue weighted by Gasteiger charge is -2.09.